The number of carbonyl (C=O) groups excluding carboxylic acids is 1. The summed E-state index contributed by atoms with van der Waals surface area (Å²) in [5, 5.41) is 3.00. The molecule has 0 fully saturated rings. The third-order valence-electron chi connectivity index (χ3n) is 5.34. The standard InChI is InChI=1S/C22H28N2O3S/c1-3-21(19-14-13-17-9-7-8-10-18(17)15-19)23-22(25)16-24(2)28(26,27)20-11-5-4-6-12-20/h4-6,11-15,21H,3,7-10,16H2,1-2H3,(H,23,25)/t21-/m0/s1. The number of rotatable bonds is 7. The SMILES string of the molecule is CC[C@H](NC(=O)CN(C)S(=O)(=O)c1ccccc1)c1ccc2c(c1)CCCC2. The number of carbonyl (C=O) groups is 1. The van der Waals surface area contributed by atoms with Crippen molar-refractivity contribution < 1.29 is 13.2 Å². The minimum Gasteiger partial charge on any atom is -0.348 e. The van der Waals surface area contributed by atoms with Crippen molar-refractivity contribution in [2.75, 3.05) is 13.6 Å². The van der Waals surface area contributed by atoms with E-state index in [0.29, 0.717) is 0 Å². The number of aryl methyl sites for hydroxylation is 2. The molecule has 0 radical (unpaired) electrons. The second-order valence-corrected chi connectivity index (χ2v) is 9.38. The molecule has 2 aromatic carbocycles. The summed E-state index contributed by atoms with van der Waals surface area (Å²) < 4.78 is 26.3. The molecule has 0 aromatic heterocycles. The van der Waals surface area contributed by atoms with Gasteiger partial charge >= 0.3 is 0 Å². The summed E-state index contributed by atoms with van der Waals surface area (Å²) in [7, 11) is -2.25. The van der Waals surface area contributed by atoms with Crippen molar-refractivity contribution in [2.24, 2.45) is 0 Å². The van der Waals surface area contributed by atoms with Gasteiger partial charge in [0.25, 0.3) is 0 Å². The molecule has 0 spiro atoms. The largest absolute Gasteiger partial charge is 0.348 e. The van der Waals surface area contributed by atoms with Gasteiger partial charge in [-0.2, -0.15) is 4.31 Å². The quantitative estimate of drug-likeness (QED) is 0.774. The number of sulfonamides is 1. The van der Waals surface area contributed by atoms with E-state index in [1.807, 2.05) is 6.92 Å². The van der Waals surface area contributed by atoms with Crippen LogP contribution in [0.15, 0.2) is 53.4 Å². The molecule has 0 unspecified atom stereocenters. The van der Waals surface area contributed by atoms with Gasteiger partial charge < -0.3 is 5.32 Å². The number of hydrogen-bond donors (Lipinski definition) is 1. The van der Waals surface area contributed by atoms with E-state index in [4.69, 9.17) is 0 Å². The lowest BCUT2D eigenvalue weighted by Gasteiger charge is -2.23. The highest BCUT2D eigenvalue weighted by Crippen LogP contribution is 2.26. The lowest BCUT2D eigenvalue weighted by molar-refractivity contribution is -0.121. The molecule has 0 heterocycles. The lowest BCUT2D eigenvalue weighted by Crippen LogP contribution is -2.39. The molecule has 0 saturated heterocycles. The minimum absolute atomic E-state index is 0.118. The van der Waals surface area contributed by atoms with E-state index in [1.54, 1.807) is 18.2 Å². The fourth-order valence-corrected chi connectivity index (χ4v) is 4.84. The number of nitrogens with zero attached hydrogens (tertiary/aromatic N) is 1. The Morgan fingerprint density at radius 2 is 1.75 bits per heavy atom. The number of amides is 1. The van der Waals surface area contributed by atoms with E-state index in [2.05, 4.69) is 23.5 Å². The summed E-state index contributed by atoms with van der Waals surface area (Å²) in [5.41, 5.74) is 3.87. The number of benzene rings is 2. The summed E-state index contributed by atoms with van der Waals surface area (Å²) in [6, 6.07) is 14.5. The average Bonchev–Trinajstić information content (AvgIpc) is 2.72. The number of fused-ring (bicyclic) bond motifs is 1. The summed E-state index contributed by atoms with van der Waals surface area (Å²) in [6.45, 7) is 1.81. The van der Waals surface area contributed by atoms with Crippen molar-refractivity contribution in [1.82, 2.24) is 9.62 Å². The molecule has 150 valence electrons. The van der Waals surface area contributed by atoms with Crippen LogP contribution in [0.25, 0.3) is 0 Å². The van der Waals surface area contributed by atoms with Crippen LogP contribution >= 0.6 is 0 Å². The summed E-state index contributed by atoms with van der Waals surface area (Å²) in [5.74, 6) is -0.299. The molecule has 1 N–H and O–H groups in total. The zero-order valence-corrected chi connectivity index (χ0v) is 17.3. The van der Waals surface area contributed by atoms with Gasteiger partial charge in [0.15, 0.2) is 0 Å². The molecule has 1 aliphatic rings. The first-order chi connectivity index (χ1) is 13.4. The molecule has 0 saturated carbocycles. The Bertz CT molecular complexity index is 926. The topological polar surface area (TPSA) is 66.5 Å². The Morgan fingerprint density at radius 1 is 1.07 bits per heavy atom. The van der Waals surface area contributed by atoms with Gasteiger partial charge in [-0.1, -0.05) is 43.3 Å². The maximum atomic E-state index is 12.6. The van der Waals surface area contributed by atoms with E-state index < -0.39 is 10.0 Å². The van der Waals surface area contributed by atoms with Crippen LogP contribution in [0.5, 0.6) is 0 Å². The minimum atomic E-state index is -3.68. The van der Waals surface area contributed by atoms with Gasteiger partial charge in [-0.05, 0) is 60.9 Å². The normalized spacial score (nSPS) is 15.1. The van der Waals surface area contributed by atoms with Crippen LogP contribution in [-0.4, -0.2) is 32.2 Å². The van der Waals surface area contributed by atoms with Crippen LogP contribution in [0.4, 0.5) is 0 Å². The van der Waals surface area contributed by atoms with Gasteiger partial charge in [-0.25, -0.2) is 8.42 Å². The third kappa shape index (κ3) is 4.62. The van der Waals surface area contributed by atoms with Gasteiger partial charge in [-0.3, -0.25) is 4.79 Å². The maximum absolute atomic E-state index is 12.6. The smallest absolute Gasteiger partial charge is 0.243 e. The molecule has 5 nitrogen and oxygen atoms in total. The highest BCUT2D eigenvalue weighted by Gasteiger charge is 2.24. The summed E-state index contributed by atoms with van der Waals surface area (Å²) in [4.78, 5) is 12.7. The second kappa shape index (κ2) is 8.88. The van der Waals surface area contributed by atoms with Crippen LogP contribution in [0.2, 0.25) is 0 Å². The molecule has 3 rings (SSSR count). The Morgan fingerprint density at radius 3 is 2.43 bits per heavy atom. The number of nitrogens with one attached hydrogen (secondary N) is 1. The first-order valence-electron chi connectivity index (χ1n) is 9.84. The predicted octanol–water partition coefficient (Wildman–Crippen LogP) is 3.45. The fourth-order valence-electron chi connectivity index (χ4n) is 3.69. The molecule has 28 heavy (non-hydrogen) atoms. The van der Waals surface area contributed by atoms with Crippen LogP contribution in [0, 0.1) is 0 Å². The van der Waals surface area contributed by atoms with Gasteiger partial charge in [0.05, 0.1) is 17.5 Å². The molecule has 0 aliphatic heterocycles. The molecule has 2 aromatic rings. The Kier molecular flexibility index (Phi) is 6.52. The van der Waals surface area contributed by atoms with Crippen molar-refractivity contribution in [1.29, 1.82) is 0 Å². The van der Waals surface area contributed by atoms with Crippen LogP contribution in [0.1, 0.15) is 48.9 Å². The van der Waals surface area contributed by atoms with E-state index >= 15 is 0 Å². The highest BCUT2D eigenvalue weighted by atomic mass is 32.2. The summed E-state index contributed by atoms with van der Waals surface area (Å²) >= 11 is 0. The van der Waals surface area contributed by atoms with Crippen LogP contribution < -0.4 is 5.32 Å². The van der Waals surface area contributed by atoms with Gasteiger partial charge in [0.1, 0.15) is 0 Å². The molecule has 6 heteroatoms. The van der Waals surface area contributed by atoms with Crippen LogP contribution in [-0.2, 0) is 27.7 Å². The molecular formula is C22H28N2O3S. The number of hydrogen-bond acceptors (Lipinski definition) is 3. The first kappa shape index (κ1) is 20.6. The lowest BCUT2D eigenvalue weighted by atomic mass is 9.89. The molecule has 1 amide bonds. The van der Waals surface area contributed by atoms with E-state index in [-0.39, 0.29) is 23.4 Å². The van der Waals surface area contributed by atoms with Crippen LogP contribution in [0.3, 0.4) is 0 Å². The maximum Gasteiger partial charge on any atom is 0.243 e. The van der Waals surface area contributed by atoms with Crippen molar-refractivity contribution in [3.63, 3.8) is 0 Å². The Hall–Kier alpha value is -2.18. The fraction of sp³-hybridized carbons (Fsp3) is 0.409. The first-order valence-corrected chi connectivity index (χ1v) is 11.3. The Balaban J connectivity index is 1.67. The molecule has 0 bridgehead atoms. The van der Waals surface area contributed by atoms with Gasteiger partial charge in [0.2, 0.25) is 15.9 Å². The van der Waals surface area contributed by atoms with E-state index in [9.17, 15) is 13.2 Å². The van der Waals surface area contributed by atoms with E-state index in [1.165, 1.54) is 43.1 Å². The molecule has 1 atom stereocenters. The molecule has 1 aliphatic carbocycles. The van der Waals surface area contributed by atoms with Crippen molar-refractivity contribution >= 4 is 15.9 Å². The zero-order chi connectivity index (χ0) is 20.1. The van der Waals surface area contributed by atoms with Gasteiger partial charge in [-0.15, -0.1) is 0 Å². The number of likely N-dealkylation sites (N-methyl/N-ethyl adjacent to an activating group) is 1. The van der Waals surface area contributed by atoms with Crippen molar-refractivity contribution in [3.8, 4) is 0 Å². The Labute approximate surface area is 167 Å². The van der Waals surface area contributed by atoms with Crippen molar-refractivity contribution in [2.45, 2.75) is 50.0 Å². The summed E-state index contributed by atoms with van der Waals surface area (Å²) in [6.07, 6.45) is 5.41. The van der Waals surface area contributed by atoms with E-state index in [0.717, 1.165) is 29.1 Å². The second-order valence-electron chi connectivity index (χ2n) is 7.34. The van der Waals surface area contributed by atoms with Crippen molar-refractivity contribution in [3.05, 3.63) is 65.2 Å². The van der Waals surface area contributed by atoms with Gasteiger partial charge in [0, 0.05) is 7.05 Å². The zero-order valence-electron chi connectivity index (χ0n) is 16.5. The average molecular weight is 401 g/mol. The molecular weight excluding hydrogens is 372 g/mol. The highest BCUT2D eigenvalue weighted by molar-refractivity contribution is 7.89. The third-order valence-corrected chi connectivity index (χ3v) is 7.15. The monoisotopic (exact) mass is 400 g/mol. The predicted molar refractivity (Wildman–Crippen MR) is 111 cm³/mol.